The number of amides is 2. The normalized spacial score (nSPS) is 18.4. The number of carbonyl (C=O) groups is 1. The maximum Gasteiger partial charge on any atom is 0.319 e. The molecule has 1 aliphatic heterocycles. The minimum Gasteiger partial charge on any atom is -0.372 e. The summed E-state index contributed by atoms with van der Waals surface area (Å²) >= 11 is 0. The highest BCUT2D eigenvalue weighted by molar-refractivity contribution is 5.89. The molecule has 0 aromatic heterocycles. The molecule has 1 saturated heterocycles. The van der Waals surface area contributed by atoms with Gasteiger partial charge in [0.05, 0.1) is 0 Å². The van der Waals surface area contributed by atoms with Gasteiger partial charge in [-0.05, 0) is 61.9 Å². The molecule has 2 N–H and O–H groups in total. The van der Waals surface area contributed by atoms with E-state index < -0.39 is 0 Å². The molecule has 0 bridgehead atoms. The lowest BCUT2D eigenvalue weighted by molar-refractivity contribution is 0.222. The van der Waals surface area contributed by atoms with Crippen LogP contribution in [-0.2, 0) is 5.41 Å². The van der Waals surface area contributed by atoms with Gasteiger partial charge in [0, 0.05) is 36.4 Å². The van der Waals surface area contributed by atoms with Crippen LogP contribution in [0.25, 0.3) is 0 Å². The first kappa shape index (κ1) is 17.9. The third-order valence-corrected chi connectivity index (χ3v) is 6.13. The Kier molecular flexibility index (Phi) is 5.33. The standard InChI is InChI=1S/C23H29N3O/c27-22(24-18-23(14-7-15-23)19-8-3-1-4-9-19)25-20-10-12-21(13-11-20)26-16-5-2-6-17-26/h1,3-4,8-13H,2,5-7,14-18H2,(H2,24,25,27). The first-order valence-corrected chi connectivity index (χ1v) is 10.2. The van der Waals surface area contributed by atoms with E-state index in [0.29, 0.717) is 6.54 Å². The predicted octanol–water partition coefficient (Wildman–Crippen LogP) is 4.92. The molecule has 0 spiro atoms. The summed E-state index contributed by atoms with van der Waals surface area (Å²) in [5, 5.41) is 6.07. The van der Waals surface area contributed by atoms with Crippen LogP contribution in [0.15, 0.2) is 54.6 Å². The first-order chi connectivity index (χ1) is 13.3. The number of benzene rings is 2. The minimum absolute atomic E-state index is 0.108. The van der Waals surface area contributed by atoms with E-state index in [-0.39, 0.29) is 11.4 Å². The number of rotatable bonds is 5. The molecule has 4 rings (SSSR count). The largest absolute Gasteiger partial charge is 0.372 e. The van der Waals surface area contributed by atoms with E-state index in [1.165, 1.54) is 36.9 Å². The predicted molar refractivity (Wildman–Crippen MR) is 111 cm³/mol. The van der Waals surface area contributed by atoms with Crippen LogP contribution in [0, 0.1) is 0 Å². The van der Waals surface area contributed by atoms with Crippen LogP contribution >= 0.6 is 0 Å². The van der Waals surface area contributed by atoms with Crippen molar-refractivity contribution in [3.63, 3.8) is 0 Å². The number of nitrogens with zero attached hydrogens (tertiary/aromatic N) is 1. The Morgan fingerprint density at radius 3 is 2.22 bits per heavy atom. The molecule has 0 radical (unpaired) electrons. The van der Waals surface area contributed by atoms with E-state index in [2.05, 4.69) is 51.9 Å². The van der Waals surface area contributed by atoms with Gasteiger partial charge in [-0.15, -0.1) is 0 Å². The Balaban J connectivity index is 1.31. The van der Waals surface area contributed by atoms with Crippen molar-refractivity contribution in [1.29, 1.82) is 0 Å². The van der Waals surface area contributed by atoms with Crippen molar-refractivity contribution in [1.82, 2.24) is 5.32 Å². The lowest BCUT2D eigenvalue weighted by atomic mass is 9.64. The molecule has 0 unspecified atom stereocenters. The van der Waals surface area contributed by atoms with Crippen molar-refractivity contribution in [2.24, 2.45) is 0 Å². The Hall–Kier alpha value is -2.49. The average molecular weight is 364 g/mol. The lowest BCUT2D eigenvalue weighted by Crippen LogP contribution is -2.46. The van der Waals surface area contributed by atoms with Crippen molar-refractivity contribution in [2.75, 3.05) is 29.9 Å². The summed E-state index contributed by atoms with van der Waals surface area (Å²) in [6.07, 6.45) is 7.39. The summed E-state index contributed by atoms with van der Waals surface area (Å²) in [5.41, 5.74) is 3.53. The van der Waals surface area contributed by atoms with Crippen LogP contribution in [0.1, 0.15) is 44.1 Å². The molecule has 142 valence electrons. The van der Waals surface area contributed by atoms with Crippen LogP contribution in [-0.4, -0.2) is 25.7 Å². The van der Waals surface area contributed by atoms with Crippen molar-refractivity contribution in [2.45, 2.75) is 43.9 Å². The average Bonchev–Trinajstić information content (AvgIpc) is 2.69. The molecule has 4 heteroatoms. The van der Waals surface area contributed by atoms with Gasteiger partial charge in [-0.25, -0.2) is 4.79 Å². The topological polar surface area (TPSA) is 44.4 Å². The Labute approximate surface area is 162 Å². The summed E-state index contributed by atoms with van der Waals surface area (Å²) in [6.45, 7) is 2.96. The monoisotopic (exact) mass is 363 g/mol. The molecular weight excluding hydrogens is 334 g/mol. The maximum absolute atomic E-state index is 12.4. The van der Waals surface area contributed by atoms with E-state index in [1.807, 2.05) is 18.2 Å². The molecule has 0 atom stereocenters. The molecular formula is C23H29N3O. The van der Waals surface area contributed by atoms with Gasteiger partial charge in [-0.1, -0.05) is 36.8 Å². The second-order valence-electron chi connectivity index (χ2n) is 7.90. The van der Waals surface area contributed by atoms with Crippen LogP contribution in [0.4, 0.5) is 16.2 Å². The summed E-state index contributed by atoms with van der Waals surface area (Å²) in [6, 6.07) is 18.7. The number of nitrogens with one attached hydrogen (secondary N) is 2. The van der Waals surface area contributed by atoms with E-state index in [1.54, 1.807) is 0 Å². The smallest absolute Gasteiger partial charge is 0.319 e. The van der Waals surface area contributed by atoms with Crippen LogP contribution < -0.4 is 15.5 Å². The van der Waals surface area contributed by atoms with Crippen molar-refractivity contribution >= 4 is 17.4 Å². The summed E-state index contributed by atoms with van der Waals surface area (Å²) < 4.78 is 0. The quantitative estimate of drug-likeness (QED) is 0.792. The number of carbonyl (C=O) groups excluding carboxylic acids is 1. The first-order valence-electron chi connectivity index (χ1n) is 10.2. The molecule has 1 heterocycles. The minimum atomic E-state index is -0.122. The molecule has 2 aromatic rings. The maximum atomic E-state index is 12.4. The molecule has 1 aliphatic carbocycles. The molecule has 2 aromatic carbocycles. The van der Waals surface area contributed by atoms with Gasteiger partial charge < -0.3 is 15.5 Å². The number of piperidine rings is 1. The fourth-order valence-corrected chi connectivity index (χ4v) is 4.30. The van der Waals surface area contributed by atoms with Gasteiger partial charge in [-0.3, -0.25) is 0 Å². The van der Waals surface area contributed by atoms with Gasteiger partial charge in [-0.2, -0.15) is 0 Å². The van der Waals surface area contributed by atoms with Gasteiger partial charge in [0.2, 0.25) is 0 Å². The lowest BCUT2D eigenvalue weighted by Gasteiger charge is -2.42. The second-order valence-corrected chi connectivity index (χ2v) is 7.90. The van der Waals surface area contributed by atoms with Gasteiger partial charge in [0.25, 0.3) is 0 Å². The molecule has 4 nitrogen and oxygen atoms in total. The van der Waals surface area contributed by atoms with Crippen molar-refractivity contribution < 1.29 is 4.79 Å². The van der Waals surface area contributed by atoms with Gasteiger partial charge >= 0.3 is 6.03 Å². The molecule has 2 aliphatic rings. The van der Waals surface area contributed by atoms with Crippen molar-refractivity contribution in [3.05, 3.63) is 60.2 Å². The van der Waals surface area contributed by atoms with Gasteiger partial charge in [0.15, 0.2) is 0 Å². The van der Waals surface area contributed by atoms with E-state index in [0.717, 1.165) is 31.6 Å². The number of hydrogen-bond acceptors (Lipinski definition) is 2. The van der Waals surface area contributed by atoms with Crippen LogP contribution in [0.2, 0.25) is 0 Å². The van der Waals surface area contributed by atoms with E-state index in [9.17, 15) is 4.79 Å². The molecule has 1 saturated carbocycles. The molecule has 2 amide bonds. The highest BCUT2D eigenvalue weighted by Crippen LogP contribution is 2.43. The van der Waals surface area contributed by atoms with Crippen LogP contribution in [0.3, 0.4) is 0 Å². The Morgan fingerprint density at radius 2 is 1.59 bits per heavy atom. The van der Waals surface area contributed by atoms with E-state index >= 15 is 0 Å². The fourth-order valence-electron chi connectivity index (χ4n) is 4.30. The second kappa shape index (κ2) is 8.03. The third-order valence-electron chi connectivity index (χ3n) is 6.13. The number of hydrogen-bond donors (Lipinski definition) is 2. The number of urea groups is 1. The third kappa shape index (κ3) is 4.10. The fraction of sp³-hybridized carbons (Fsp3) is 0.435. The molecule has 27 heavy (non-hydrogen) atoms. The van der Waals surface area contributed by atoms with Crippen molar-refractivity contribution in [3.8, 4) is 0 Å². The SMILES string of the molecule is O=C(NCC1(c2ccccc2)CCC1)Nc1ccc(N2CCCCC2)cc1. The summed E-state index contributed by atoms with van der Waals surface area (Å²) in [5.74, 6) is 0. The van der Waals surface area contributed by atoms with Gasteiger partial charge in [0.1, 0.15) is 0 Å². The summed E-state index contributed by atoms with van der Waals surface area (Å²) in [4.78, 5) is 14.8. The highest BCUT2D eigenvalue weighted by Gasteiger charge is 2.38. The van der Waals surface area contributed by atoms with E-state index in [4.69, 9.17) is 0 Å². The Bertz CT molecular complexity index is 747. The highest BCUT2D eigenvalue weighted by atomic mass is 16.2. The Morgan fingerprint density at radius 1 is 0.889 bits per heavy atom. The number of anilines is 2. The molecule has 2 fully saturated rings. The zero-order valence-corrected chi connectivity index (χ0v) is 15.9. The zero-order chi connectivity index (χ0) is 18.5. The summed E-state index contributed by atoms with van der Waals surface area (Å²) in [7, 11) is 0. The van der Waals surface area contributed by atoms with Crippen LogP contribution in [0.5, 0.6) is 0 Å². The zero-order valence-electron chi connectivity index (χ0n) is 15.9.